The van der Waals surface area contributed by atoms with Crippen LogP contribution in [0, 0.1) is 17.1 Å². The maximum atomic E-state index is 14.3. The first-order valence-corrected chi connectivity index (χ1v) is 19.1. The zero-order valence-electron chi connectivity index (χ0n) is 27.7. The number of nitrogens with one attached hydrogen (secondary N) is 3. The van der Waals surface area contributed by atoms with Crippen LogP contribution in [0.2, 0.25) is 10.3 Å². The van der Waals surface area contributed by atoms with Crippen LogP contribution in [-0.2, 0) is 32.0 Å². The number of thioether (sulfide) groups is 1. The maximum absolute atomic E-state index is 14.3. The molecule has 1 aliphatic rings. The molecule has 0 radical (unpaired) electrons. The number of esters is 1. The van der Waals surface area contributed by atoms with Crippen LogP contribution in [0.15, 0.2) is 26.8 Å². The molecule has 0 fully saturated rings. The Morgan fingerprint density at radius 3 is 2.43 bits per heavy atom. The molecule has 0 amide bonds. The summed E-state index contributed by atoms with van der Waals surface area (Å²) in [5.41, 5.74) is -0.673. The van der Waals surface area contributed by atoms with Crippen molar-refractivity contribution in [3.05, 3.63) is 42.7 Å². The first-order valence-electron chi connectivity index (χ1n) is 14.7. The molecular weight excluding hydrogens is 777 g/mol. The molecule has 0 spiro atoms. The van der Waals surface area contributed by atoms with Crippen LogP contribution in [0.1, 0.15) is 33.6 Å². The van der Waals surface area contributed by atoms with E-state index in [0.29, 0.717) is 35.3 Å². The Morgan fingerprint density at radius 2 is 1.84 bits per heavy atom. The SMILES string of the molecule is CCNc1nc(Cl)nc(NC(C)(C)C#N)n1.COC(=O)CSc1cc(N=c2sc(=O)n3n2CCCC3)c(F)cc1Cl.O=C(O)CNCP(=O)(O)O. The van der Waals surface area contributed by atoms with Gasteiger partial charge in [0.1, 0.15) is 17.0 Å². The van der Waals surface area contributed by atoms with E-state index >= 15 is 0 Å². The molecule has 18 nitrogen and oxygen atoms in total. The van der Waals surface area contributed by atoms with Crippen molar-refractivity contribution in [3.63, 3.8) is 0 Å². The van der Waals surface area contributed by atoms with Gasteiger partial charge in [-0.3, -0.25) is 28.9 Å². The fourth-order valence-corrected chi connectivity index (χ4v) is 6.24. The Bertz CT molecular complexity index is 1900. The number of benzene rings is 1. The summed E-state index contributed by atoms with van der Waals surface area (Å²) in [6.45, 7) is 6.93. The Labute approximate surface area is 309 Å². The van der Waals surface area contributed by atoms with Crippen molar-refractivity contribution in [2.75, 3.05) is 42.9 Å². The lowest BCUT2D eigenvalue weighted by atomic mass is 10.1. The summed E-state index contributed by atoms with van der Waals surface area (Å²) in [7, 11) is -2.80. The number of nitriles is 1. The smallest absolute Gasteiger partial charge is 0.339 e. The number of methoxy groups -OCH3 is 1. The predicted octanol–water partition coefficient (Wildman–Crippen LogP) is 3.26. The van der Waals surface area contributed by atoms with Crippen molar-refractivity contribution >= 4 is 83.4 Å². The van der Waals surface area contributed by atoms with E-state index in [1.165, 1.54) is 13.2 Å². The van der Waals surface area contributed by atoms with Gasteiger partial charge in [0, 0.05) is 24.5 Å². The van der Waals surface area contributed by atoms with Crippen molar-refractivity contribution in [2.24, 2.45) is 4.99 Å². The first-order chi connectivity index (χ1) is 23.9. The summed E-state index contributed by atoms with van der Waals surface area (Å²) in [5.74, 6) is -1.40. The molecule has 2 aromatic heterocycles. The maximum Gasteiger partial charge on any atom is 0.339 e. The van der Waals surface area contributed by atoms with Crippen LogP contribution in [0.5, 0.6) is 0 Å². The van der Waals surface area contributed by atoms with Gasteiger partial charge >= 0.3 is 24.4 Å². The molecule has 280 valence electrons. The number of halogens is 3. The van der Waals surface area contributed by atoms with E-state index in [2.05, 4.69) is 46.7 Å². The number of hydrogen-bond acceptors (Lipinski definition) is 15. The monoisotopic (exact) mass is 812 g/mol. The van der Waals surface area contributed by atoms with Crippen LogP contribution in [-0.4, -0.2) is 88.9 Å². The number of carboxylic acids is 1. The fourth-order valence-electron chi connectivity index (χ4n) is 3.69. The van der Waals surface area contributed by atoms with E-state index in [1.54, 1.807) is 23.2 Å². The minimum Gasteiger partial charge on any atom is -0.480 e. The molecule has 1 aliphatic heterocycles. The van der Waals surface area contributed by atoms with E-state index in [0.717, 1.165) is 42.0 Å². The molecular formula is C27H36Cl2FN10O8PS2. The number of aromatic nitrogens is 5. The number of fused-ring (bicyclic) bond motifs is 1. The highest BCUT2D eigenvalue weighted by molar-refractivity contribution is 8.00. The average Bonchev–Trinajstić information content (AvgIpc) is 3.35. The third-order valence-corrected chi connectivity index (χ3v) is 9.05. The van der Waals surface area contributed by atoms with Gasteiger partial charge in [0.15, 0.2) is 0 Å². The predicted molar refractivity (Wildman–Crippen MR) is 190 cm³/mol. The quantitative estimate of drug-likeness (QED) is 0.0871. The second-order valence-electron chi connectivity index (χ2n) is 10.6. The number of carboxylic acid groups (broad SMARTS) is 1. The molecule has 3 aromatic rings. The van der Waals surface area contributed by atoms with Gasteiger partial charge in [-0.25, -0.2) is 14.1 Å². The van der Waals surface area contributed by atoms with E-state index in [4.69, 9.17) is 43.4 Å². The number of hydrogen-bond donors (Lipinski definition) is 6. The number of carbonyl (C=O) groups excluding carboxylic acids is 1. The highest BCUT2D eigenvalue weighted by atomic mass is 35.5. The average molecular weight is 814 g/mol. The minimum atomic E-state index is -4.10. The van der Waals surface area contributed by atoms with Crippen LogP contribution < -0.4 is 25.6 Å². The van der Waals surface area contributed by atoms with Crippen molar-refractivity contribution < 1.29 is 38.2 Å². The summed E-state index contributed by atoms with van der Waals surface area (Å²) in [5, 5.41) is 25.0. The zero-order valence-corrected chi connectivity index (χ0v) is 31.8. The zero-order chi connectivity index (χ0) is 38.4. The Balaban J connectivity index is 0.000000297. The largest absolute Gasteiger partial charge is 0.480 e. The minimum absolute atomic E-state index is 0.0605. The molecule has 24 heteroatoms. The lowest BCUT2D eigenvalue weighted by Gasteiger charge is -2.17. The van der Waals surface area contributed by atoms with Crippen LogP contribution in [0.4, 0.5) is 22.0 Å². The molecule has 51 heavy (non-hydrogen) atoms. The summed E-state index contributed by atoms with van der Waals surface area (Å²) < 4.78 is 32.3. The summed E-state index contributed by atoms with van der Waals surface area (Å²) in [6, 6.07) is 4.73. The van der Waals surface area contributed by atoms with E-state index in [9.17, 15) is 23.3 Å². The normalized spacial score (nSPS) is 12.7. The topological polar surface area (TPSA) is 259 Å². The van der Waals surface area contributed by atoms with E-state index in [-0.39, 0.29) is 32.6 Å². The van der Waals surface area contributed by atoms with Crippen molar-refractivity contribution in [1.82, 2.24) is 29.6 Å². The second kappa shape index (κ2) is 20.4. The fraction of sp³-hybridized carbons (Fsp3) is 0.481. The number of ether oxygens (including phenoxy) is 1. The summed E-state index contributed by atoms with van der Waals surface area (Å²) >= 11 is 13.9. The molecule has 3 heterocycles. The third kappa shape index (κ3) is 15.7. The van der Waals surface area contributed by atoms with Crippen LogP contribution in [0.25, 0.3) is 0 Å². The summed E-state index contributed by atoms with van der Waals surface area (Å²) in [6.07, 6.45) is 1.30. The van der Waals surface area contributed by atoms with Gasteiger partial charge in [-0.2, -0.15) is 20.2 Å². The highest BCUT2D eigenvalue weighted by Gasteiger charge is 2.19. The van der Waals surface area contributed by atoms with Gasteiger partial charge in [-0.05, 0) is 68.7 Å². The van der Waals surface area contributed by atoms with E-state index < -0.39 is 43.7 Å². The number of aliphatic carboxylic acids is 1. The second-order valence-corrected chi connectivity index (χ2v) is 14.9. The molecule has 0 saturated carbocycles. The number of anilines is 2. The molecule has 1 aromatic carbocycles. The number of nitrogens with zero attached hydrogens (tertiary/aromatic N) is 7. The Hall–Kier alpha value is -3.61. The van der Waals surface area contributed by atoms with Crippen LogP contribution in [0.3, 0.4) is 0 Å². The van der Waals surface area contributed by atoms with Crippen molar-refractivity contribution in [2.45, 2.75) is 57.1 Å². The lowest BCUT2D eigenvalue weighted by molar-refractivity contribution is -0.137. The Morgan fingerprint density at radius 1 is 1.20 bits per heavy atom. The van der Waals surface area contributed by atoms with E-state index in [1.807, 2.05) is 6.92 Å². The molecule has 0 atom stereocenters. The van der Waals surface area contributed by atoms with Gasteiger partial charge in [-0.1, -0.05) is 11.6 Å². The molecule has 0 aliphatic carbocycles. The molecule has 0 saturated heterocycles. The Kier molecular flexibility index (Phi) is 17.5. The standard InChI is InChI=1S/C15H15ClFN3O3S2.C9H13ClN6.C3H8NO5P/c1-23-13(21)8-24-12-7-11(10(17)6-9(12)16)18-14-19-4-2-3-5-20(19)15(22)25-14;1-4-12-7-13-6(10)14-8(15-7)16-9(2,3)5-11;5-3(6)1-4-2-10(7,8)9/h6-7H,2-5,8H2,1H3;4H2,1-3H3,(H2,12,13,14,15,16);4H,1-2H2,(H,5,6)(H2,7,8,9). The molecule has 4 rings (SSSR count). The van der Waals surface area contributed by atoms with Crippen molar-refractivity contribution in [3.8, 4) is 6.07 Å². The van der Waals surface area contributed by atoms with Gasteiger partial charge in [0.25, 0.3) is 0 Å². The van der Waals surface area contributed by atoms with Gasteiger partial charge < -0.3 is 30.3 Å². The van der Waals surface area contributed by atoms with Gasteiger partial charge in [0.05, 0.1) is 36.8 Å². The van der Waals surface area contributed by atoms with Crippen LogP contribution >= 0.6 is 53.9 Å². The molecule has 0 unspecified atom stereocenters. The van der Waals surface area contributed by atoms with Gasteiger partial charge in [0.2, 0.25) is 22.0 Å². The molecule has 0 bridgehead atoms. The lowest BCUT2D eigenvalue weighted by Crippen LogP contribution is -2.31. The third-order valence-electron chi connectivity index (χ3n) is 5.92. The van der Waals surface area contributed by atoms with Gasteiger partial charge in [-0.15, -0.1) is 11.8 Å². The molecule has 6 N–H and O–H groups in total. The van der Waals surface area contributed by atoms with Crippen molar-refractivity contribution in [1.29, 1.82) is 5.26 Å². The highest BCUT2D eigenvalue weighted by Crippen LogP contribution is 2.33. The summed E-state index contributed by atoms with van der Waals surface area (Å²) in [4.78, 5) is 66.5. The first kappa shape index (κ1) is 43.6. The number of carbonyl (C=O) groups is 2. The number of rotatable bonds is 12.